The van der Waals surface area contributed by atoms with Crippen LogP contribution in [0.3, 0.4) is 0 Å². The number of nitrogens with one attached hydrogen (secondary N) is 1. The summed E-state index contributed by atoms with van der Waals surface area (Å²) in [6, 6.07) is 12.0. The molecule has 0 aliphatic carbocycles. The molecule has 20 heavy (non-hydrogen) atoms. The van der Waals surface area contributed by atoms with E-state index in [1.54, 1.807) is 12.3 Å². The highest BCUT2D eigenvalue weighted by molar-refractivity contribution is 6.29. The zero-order chi connectivity index (χ0) is 14.5. The number of nitrogens with zero attached hydrogens (tertiary/aromatic N) is 1. The van der Waals surface area contributed by atoms with E-state index in [1.807, 2.05) is 32.0 Å². The minimum atomic E-state index is 0.186. The fourth-order valence-electron chi connectivity index (χ4n) is 1.90. The standard InChI is InChI=1S/C16H19ClN2O/c1-11(2)20-15-7-4-13(5-8-15)12(3)19-14-6-9-16(17)18-10-14/h4-12,19H,1-3H3. The summed E-state index contributed by atoms with van der Waals surface area (Å²) in [4.78, 5) is 4.06. The Hall–Kier alpha value is -1.74. The smallest absolute Gasteiger partial charge is 0.129 e. The van der Waals surface area contributed by atoms with Crippen LogP contribution in [-0.4, -0.2) is 11.1 Å². The number of benzene rings is 1. The molecule has 1 aromatic heterocycles. The van der Waals surface area contributed by atoms with Crippen molar-refractivity contribution < 1.29 is 4.74 Å². The Kier molecular flexibility index (Phi) is 4.85. The molecule has 0 aliphatic heterocycles. The maximum atomic E-state index is 5.77. The molecule has 0 saturated heterocycles. The maximum absolute atomic E-state index is 5.77. The van der Waals surface area contributed by atoms with E-state index in [9.17, 15) is 0 Å². The van der Waals surface area contributed by atoms with Crippen molar-refractivity contribution in [2.24, 2.45) is 0 Å². The Morgan fingerprint density at radius 2 is 1.75 bits per heavy atom. The number of halogens is 1. The topological polar surface area (TPSA) is 34.1 Å². The first-order chi connectivity index (χ1) is 9.54. The lowest BCUT2D eigenvalue weighted by Gasteiger charge is -2.16. The molecule has 1 atom stereocenters. The Bertz CT molecular complexity index is 537. The molecular weight excluding hydrogens is 272 g/mol. The second-order valence-electron chi connectivity index (χ2n) is 4.97. The first-order valence-electron chi connectivity index (χ1n) is 6.69. The van der Waals surface area contributed by atoms with Crippen molar-refractivity contribution in [2.45, 2.75) is 32.9 Å². The second-order valence-corrected chi connectivity index (χ2v) is 5.36. The number of pyridine rings is 1. The van der Waals surface area contributed by atoms with E-state index in [4.69, 9.17) is 16.3 Å². The zero-order valence-corrected chi connectivity index (χ0v) is 12.7. The van der Waals surface area contributed by atoms with Gasteiger partial charge in [-0.2, -0.15) is 0 Å². The molecule has 1 heterocycles. The van der Waals surface area contributed by atoms with E-state index in [2.05, 4.69) is 29.4 Å². The van der Waals surface area contributed by atoms with Crippen LogP contribution < -0.4 is 10.1 Å². The molecule has 0 amide bonds. The van der Waals surface area contributed by atoms with Crippen molar-refractivity contribution in [1.82, 2.24) is 4.98 Å². The average molecular weight is 291 g/mol. The number of hydrogen-bond acceptors (Lipinski definition) is 3. The van der Waals surface area contributed by atoms with Gasteiger partial charge in [-0.25, -0.2) is 4.98 Å². The van der Waals surface area contributed by atoms with Crippen LogP contribution in [0.5, 0.6) is 5.75 Å². The van der Waals surface area contributed by atoms with Crippen molar-refractivity contribution >= 4 is 17.3 Å². The van der Waals surface area contributed by atoms with Crippen LogP contribution in [0.25, 0.3) is 0 Å². The van der Waals surface area contributed by atoms with Gasteiger partial charge in [0, 0.05) is 6.04 Å². The highest BCUT2D eigenvalue weighted by Crippen LogP contribution is 2.22. The van der Waals surface area contributed by atoms with Gasteiger partial charge in [0.05, 0.1) is 18.0 Å². The molecule has 3 nitrogen and oxygen atoms in total. The van der Waals surface area contributed by atoms with Crippen LogP contribution in [0.1, 0.15) is 32.4 Å². The summed E-state index contributed by atoms with van der Waals surface area (Å²) in [5, 5.41) is 3.88. The summed E-state index contributed by atoms with van der Waals surface area (Å²) >= 11 is 5.77. The normalized spacial score (nSPS) is 12.2. The third-order valence-corrected chi connectivity index (χ3v) is 3.09. The van der Waals surface area contributed by atoms with E-state index in [0.29, 0.717) is 5.15 Å². The van der Waals surface area contributed by atoms with Crippen LogP contribution in [0.2, 0.25) is 5.15 Å². The molecule has 0 radical (unpaired) electrons. The lowest BCUT2D eigenvalue weighted by atomic mass is 10.1. The second kappa shape index (κ2) is 6.62. The fourth-order valence-corrected chi connectivity index (χ4v) is 2.01. The molecule has 0 bridgehead atoms. The SMILES string of the molecule is CC(C)Oc1ccc(C(C)Nc2ccc(Cl)nc2)cc1. The van der Waals surface area contributed by atoms with Crippen LogP contribution in [0, 0.1) is 0 Å². The third-order valence-electron chi connectivity index (χ3n) is 2.86. The van der Waals surface area contributed by atoms with Gasteiger partial charge < -0.3 is 10.1 Å². The molecule has 1 unspecified atom stereocenters. The Morgan fingerprint density at radius 1 is 1.05 bits per heavy atom. The van der Waals surface area contributed by atoms with Crippen molar-refractivity contribution in [3.8, 4) is 5.75 Å². The highest BCUT2D eigenvalue weighted by Gasteiger charge is 2.06. The Labute approximate surface area is 124 Å². The molecule has 1 N–H and O–H groups in total. The first kappa shape index (κ1) is 14.7. The molecule has 106 valence electrons. The maximum Gasteiger partial charge on any atom is 0.129 e. The quantitative estimate of drug-likeness (QED) is 0.811. The van der Waals surface area contributed by atoms with Crippen LogP contribution in [0.15, 0.2) is 42.6 Å². The molecule has 4 heteroatoms. The lowest BCUT2D eigenvalue weighted by molar-refractivity contribution is 0.242. The summed E-state index contributed by atoms with van der Waals surface area (Å²) in [6.07, 6.45) is 1.92. The largest absolute Gasteiger partial charge is 0.491 e. The Morgan fingerprint density at radius 3 is 2.30 bits per heavy atom. The number of rotatable bonds is 5. The van der Waals surface area contributed by atoms with E-state index in [0.717, 1.165) is 11.4 Å². The number of ether oxygens (including phenoxy) is 1. The predicted molar refractivity (Wildman–Crippen MR) is 83.5 cm³/mol. The average Bonchev–Trinajstić information content (AvgIpc) is 2.41. The summed E-state index contributed by atoms with van der Waals surface area (Å²) in [5.41, 5.74) is 2.14. The van der Waals surface area contributed by atoms with Gasteiger partial charge in [0.25, 0.3) is 0 Å². The molecule has 0 fully saturated rings. The molecule has 0 saturated carbocycles. The summed E-state index contributed by atoms with van der Waals surface area (Å²) in [6.45, 7) is 6.14. The van der Waals surface area contributed by atoms with Crippen LogP contribution in [-0.2, 0) is 0 Å². The molecule has 2 aromatic rings. The van der Waals surface area contributed by atoms with E-state index >= 15 is 0 Å². The molecule has 0 spiro atoms. The van der Waals surface area contributed by atoms with Gasteiger partial charge in [-0.1, -0.05) is 23.7 Å². The first-order valence-corrected chi connectivity index (χ1v) is 7.07. The molecule has 0 aliphatic rings. The van der Waals surface area contributed by atoms with E-state index in [-0.39, 0.29) is 12.1 Å². The predicted octanol–water partition coefficient (Wildman–Crippen LogP) is 4.70. The van der Waals surface area contributed by atoms with Crippen molar-refractivity contribution in [1.29, 1.82) is 0 Å². The number of hydrogen-bond donors (Lipinski definition) is 1. The van der Waals surface area contributed by atoms with Crippen molar-refractivity contribution in [2.75, 3.05) is 5.32 Å². The van der Waals surface area contributed by atoms with Crippen LogP contribution >= 0.6 is 11.6 Å². The lowest BCUT2D eigenvalue weighted by Crippen LogP contribution is -2.08. The van der Waals surface area contributed by atoms with Gasteiger partial charge in [-0.15, -0.1) is 0 Å². The van der Waals surface area contributed by atoms with Gasteiger partial charge in [-0.05, 0) is 50.6 Å². The van der Waals surface area contributed by atoms with E-state index in [1.165, 1.54) is 5.56 Å². The monoisotopic (exact) mass is 290 g/mol. The summed E-state index contributed by atoms with van der Waals surface area (Å²) in [7, 11) is 0. The minimum Gasteiger partial charge on any atom is -0.491 e. The highest BCUT2D eigenvalue weighted by atomic mass is 35.5. The molecule has 1 aromatic carbocycles. The third kappa shape index (κ3) is 4.14. The van der Waals surface area contributed by atoms with Crippen molar-refractivity contribution in [3.05, 3.63) is 53.3 Å². The van der Waals surface area contributed by atoms with Crippen LogP contribution in [0.4, 0.5) is 5.69 Å². The van der Waals surface area contributed by atoms with Gasteiger partial charge in [0.15, 0.2) is 0 Å². The Balaban J connectivity index is 2.01. The van der Waals surface area contributed by atoms with E-state index < -0.39 is 0 Å². The minimum absolute atomic E-state index is 0.186. The zero-order valence-electron chi connectivity index (χ0n) is 11.9. The van der Waals surface area contributed by atoms with Gasteiger partial charge in [0.2, 0.25) is 0 Å². The van der Waals surface area contributed by atoms with Gasteiger partial charge >= 0.3 is 0 Å². The summed E-state index contributed by atoms with van der Waals surface area (Å²) in [5.74, 6) is 0.893. The fraction of sp³-hybridized carbons (Fsp3) is 0.312. The van der Waals surface area contributed by atoms with Gasteiger partial charge in [0.1, 0.15) is 10.9 Å². The molecule has 2 rings (SSSR count). The molecular formula is C16H19ClN2O. The number of anilines is 1. The number of aromatic nitrogens is 1. The summed E-state index contributed by atoms with van der Waals surface area (Å²) < 4.78 is 5.64. The van der Waals surface area contributed by atoms with Gasteiger partial charge in [-0.3, -0.25) is 0 Å². The van der Waals surface area contributed by atoms with Crippen molar-refractivity contribution in [3.63, 3.8) is 0 Å².